The standard InChI is InChI=1S/9ClH.Gd.Sm.Yb/h9*1H;;;/q;;;;;;;;;3*+3/p-9. The normalized spacial score (nSPS) is 0. The molecule has 0 saturated heterocycles. The topological polar surface area (TPSA) is 0 Å². The van der Waals surface area contributed by atoms with Gasteiger partial charge in [-0.05, 0) is 0 Å². The SMILES string of the molecule is [Cl-].[Cl-].[Cl-].[Cl-].[Cl-].[Cl-].[Cl-].[Cl-].[Cl-].[Gd+3].[Sm+3].[Yb+3]. The van der Waals surface area contributed by atoms with Crippen LogP contribution in [0.2, 0.25) is 0 Å². The van der Waals surface area contributed by atoms with Crippen molar-refractivity contribution in [1.82, 2.24) is 0 Å². The monoisotopic (exact) mass is 799 g/mol. The zero-order valence-corrected chi connectivity index (χ0v) is 17.8. The Balaban J connectivity index is 0. The van der Waals surface area contributed by atoms with Gasteiger partial charge in [-0.1, -0.05) is 0 Å². The van der Waals surface area contributed by atoms with E-state index < -0.39 is 0 Å². The number of halogens is 9. The Hall–Kier alpha value is 6.79. The zero-order chi connectivity index (χ0) is 0. The summed E-state index contributed by atoms with van der Waals surface area (Å²) >= 11 is 0. The van der Waals surface area contributed by atoms with Gasteiger partial charge in [0.2, 0.25) is 0 Å². The first-order valence-electron chi connectivity index (χ1n) is 0. The van der Waals surface area contributed by atoms with Gasteiger partial charge < -0.3 is 112 Å². The van der Waals surface area contributed by atoms with Gasteiger partial charge in [-0.3, -0.25) is 0 Å². The summed E-state index contributed by atoms with van der Waals surface area (Å²) in [6, 6.07) is 0. The zero-order valence-electron chi connectivity index (χ0n) is 4.43. The van der Waals surface area contributed by atoms with Crippen molar-refractivity contribution < 1.29 is 239 Å². The molecule has 91 valence electrons. The summed E-state index contributed by atoms with van der Waals surface area (Å²) in [5.41, 5.74) is 0. The van der Waals surface area contributed by atoms with E-state index in [1.807, 2.05) is 0 Å². The predicted octanol–water partition coefficient (Wildman–Crippen LogP) is -27.0. The summed E-state index contributed by atoms with van der Waals surface area (Å²) in [6.45, 7) is 0. The second-order valence-corrected chi connectivity index (χ2v) is 0. The molecule has 0 nitrogen and oxygen atoms in total. The maximum absolute atomic E-state index is 0. The summed E-state index contributed by atoms with van der Waals surface area (Å²) in [5, 5.41) is 0. The molecule has 0 amide bonds. The second-order valence-electron chi connectivity index (χ2n) is 0. The van der Waals surface area contributed by atoms with Crippen molar-refractivity contribution in [2.75, 3.05) is 0 Å². The number of hydrogen-bond acceptors (Lipinski definition) is 0. The van der Waals surface area contributed by atoms with Gasteiger partial charge in [0.25, 0.3) is 0 Å². The maximum Gasteiger partial charge on any atom is 3.00 e. The molecule has 0 unspecified atom stereocenters. The molecule has 0 aliphatic carbocycles. The average Bonchev–Trinajstić information content (AvgIpc) is 0. The van der Waals surface area contributed by atoms with Crippen LogP contribution in [0, 0.1) is 127 Å². The second kappa shape index (κ2) is 109. The average molecular weight is 800 g/mol. The van der Waals surface area contributed by atoms with E-state index >= 15 is 0 Å². The third-order valence-electron chi connectivity index (χ3n) is 0. The molecule has 0 saturated carbocycles. The van der Waals surface area contributed by atoms with E-state index in [0.29, 0.717) is 0 Å². The third kappa shape index (κ3) is 90.8. The van der Waals surface area contributed by atoms with Crippen molar-refractivity contribution in [3.63, 3.8) is 0 Å². The van der Waals surface area contributed by atoms with Gasteiger partial charge in [0.05, 0.1) is 0 Å². The molecular formula is Cl9GdSmYb. The Morgan fingerprint density at radius 2 is 0.333 bits per heavy atom. The van der Waals surface area contributed by atoms with E-state index in [2.05, 4.69) is 0 Å². The van der Waals surface area contributed by atoms with Crippen molar-refractivity contribution in [3.05, 3.63) is 0 Å². The van der Waals surface area contributed by atoms with Gasteiger partial charge in [-0.15, -0.1) is 0 Å². The van der Waals surface area contributed by atoms with Crippen LogP contribution in [0.4, 0.5) is 0 Å². The summed E-state index contributed by atoms with van der Waals surface area (Å²) in [6.07, 6.45) is 0. The summed E-state index contributed by atoms with van der Waals surface area (Å²) < 4.78 is 0. The molecule has 0 spiro atoms. The predicted molar refractivity (Wildman–Crippen MR) is 0 cm³/mol. The first-order chi connectivity index (χ1) is 0. The molecule has 0 rings (SSSR count). The molecule has 0 aromatic rings. The minimum atomic E-state index is 0. The van der Waals surface area contributed by atoms with Crippen LogP contribution in [0.25, 0.3) is 0 Å². The number of rotatable bonds is 0. The molecule has 0 atom stereocenters. The van der Waals surface area contributed by atoms with Crippen molar-refractivity contribution in [3.8, 4) is 0 Å². The van der Waals surface area contributed by atoms with Gasteiger partial charge >= 0.3 is 127 Å². The van der Waals surface area contributed by atoms with E-state index in [9.17, 15) is 0 Å². The fourth-order valence-corrected chi connectivity index (χ4v) is 0. The molecule has 0 N–H and O–H groups in total. The van der Waals surface area contributed by atoms with E-state index in [1.54, 1.807) is 0 Å². The van der Waals surface area contributed by atoms with Crippen LogP contribution in [0.1, 0.15) is 0 Å². The summed E-state index contributed by atoms with van der Waals surface area (Å²) in [5.74, 6) is 0. The molecule has 3 radical (unpaired) electrons. The first-order valence-corrected chi connectivity index (χ1v) is 0. The van der Waals surface area contributed by atoms with Crippen LogP contribution in [-0.2, 0) is 0 Å². The van der Waals surface area contributed by atoms with E-state index in [1.165, 1.54) is 0 Å². The Bertz CT molecular complexity index is 14.5. The van der Waals surface area contributed by atoms with Crippen LogP contribution < -0.4 is 112 Å². The van der Waals surface area contributed by atoms with E-state index in [4.69, 9.17) is 0 Å². The Morgan fingerprint density at radius 1 is 0.333 bits per heavy atom. The van der Waals surface area contributed by atoms with Crippen molar-refractivity contribution >= 4 is 0 Å². The molecule has 0 heterocycles. The summed E-state index contributed by atoms with van der Waals surface area (Å²) in [7, 11) is 0. The Kier molecular flexibility index (Phi) is 1170. The molecule has 0 aliphatic heterocycles. The van der Waals surface area contributed by atoms with E-state index in [0.717, 1.165) is 0 Å². The minimum absolute atomic E-state index is 0. The van der Waals surface area contributed by atoms with Crippen molar-refractivity contribution in [1.29, 1.82) is 0 Å². The van der Waals surface area contributed by atoms with Crippen LogP contribution in [0.15, 0.2) is 0 Å². The maximum atomic E-state index is 0. The molecular weight excluding hydrogens is 800 g/mol. The molecule has 0 bridgehead atoms. The minimum Gasteiger partial charge on any atom is -1.00 e. The molecule has 0 aromatic heterocycles. The van der Waals surface area contributed by atoms with E-state index in [-0.39, 0.29) is 239 Å². The Labute approximate surface area is 232 Å². The largest absolute Gasteiger partial charge is 3.00 e. The van der Waals surface area contributed by atoms with Gasteiger partial charge in [-0.2, -0.15) is 0 Å². The molecule has 12 heavy (non-hydrogen) atoms. The third-order valence-corrected chi connectivity index (χ3v) is 0. The molecule has 12 heteroatoms. The Morgan fingerprint density at radius 3 is 0.333 bits per heavy atom. The summed E-state index contributed by atoms with van der Waals surface area (Å²) in [4.78, 5) is 0. The first kappa shape index (κ1) is 129. The fraction of sp³-hybridized carbons (Fsp3) is 0. The fourth-order valence-electron chi connectivity index (χ4n) is 0. The van der Waals surface area contributed by atoms with Crippen LogP contribution in [0.5, 0.6) is 0 Å². The van der Waals surface area contributed by atoms with Gasteiger partial charge in [0.1, 0.15) is 0 Å². The van der Waals surface area contributed by atoms with Crippen molar-refractivity contribution in [2.45, 2.75) is 0 Å². The molecule has 0 aromatic carbocycles. The van der Waals surface area contributed by atoms with Crippen LogP contribution in [0.3, 0.4) is 0 Å². The van der Waals surface area contributed by atoms with Crippen molar-refractivity contribution in [2.24, 2.45) is 0 Å². The van der Waals surface area contributed by atoms with Crippen LogP contribution in [-0.4, -0.2) is 0 Å². The smallest absolute Gasteiger partial charge is 1.00 e. The number of hydrogen-bond donors (Lipinski definition) is 0. The van der Waals surface area contributed by atoms with Gasteiger partial charge in [0.15, 0.2) is 0 Å². The van der Waals surface area contributed by atoms with Gasteiger partial charge in [-0.25, -0.2) is 0 Å². The van der Waals surface area contributed by atoms with Crippen LogP contribution >= 0.6 is 0 Å². The molecule has 0 fully saturated rings. The quantitative estimate of drug-likeness (QED) is 0.229. The molecule has 0 aliphatic rings. The van der Waals surface area contributed by atoms with Gasteiger partial charge in [0, 0.05) is 0 Å².